The van der Waals surface area contributed by atoms with Crippen molar-refractivity contribution in [3.63, 3.8) is 0 Å². The second-order valence-corrected chi connectivity index (χ2v) is 8.44. The molecule has 0 aliphatic carbocycles. The lowest BCUT2D eigenvalue weighted by Crippen LogP contribution is -2.16. The zero-order chi connectivity index (χ0) is 21.6. The number of nitrogens with zero attached hydrogens (tertiary/aromatic N) is 1. The lowest BCUT2D eigenvalue weighted by Gasteiger charge is -2.14. The van der Waals surface area contributed by atoms with E-state index in [1.807, 2.05) is 41.8 Å². The Balaban J connectivity index is 1.50. The van der Waals surface area contributed by atoms with E-state index in [0.717, 1.165) is 21.0 Å². The average molecular weight is 495 g/mol. The minimum Gasteiger partial charge on any atom is -0.493 e. The molecule has 7 heteroatoms. The lowest BCUT2D eigenvalue weighted by atomic mass is 10.1. The number of benzene rings is 3. The van der Waals surface area contributed by atoms with Crippen LogP contribution < -0.4 is 14.9 Å². The summed E-state index contributed by atoms with van der Waals surface area (Å²) in [6.45, 7) is 0.403. The third-order valence-electron chi connectivity index (χ3n) is 4.63. The topological polar surface area (TPSA) is 59.9 Å². The molecule has 0 spiro atoms. The molecule has 0 aliphatic heterocycles. The number of ether oxygens (including phenoxy) is 2. The quantitative estimate of drug-likeness (QED) is 0.252. The fourth-order valence-corrected chi connectivity index (χ4v) is 4.34. The zero-order valence-corrected chi connectivity index (χ0v) is 19.1. The van der Waals surface area contributed by atoms with Crippen LogP contribution in [0.4, 0.5) is 0 Å². The minimum atomic E-state index is -0.243. The molecule has 0 saturated carbocycles. The van der Waals surface area contributed by atoms with Gasteiger partial charge >= 0.3 is 0 Å². The van der Waals surface area contributed by atoms with Gasteiger partial charge in [0.2, 0.25) is 0 Å². The van der Waals surface area contributed by atoms with Crippen molar-refractivity contribution in [1.29, 1.82) is 0 Å². The average Bonchev–Trinajstić information content (AvgIpc) is 3.33. The third-order valence-corrected chi connectivity index (χ3v) is 6.09. The van der Waals surface area contributed by atoms with Crippen LogP contribution in [0.25, 0.3) is 10.8 Å². The Hall–Kier alpha value is -3.16. The Morgan fingerprint density at radius 1 is 1.13 bits per heavy atom. The SMILES string of the molecule is COc1cc(/C=N\NC(=O)c2cccs2)cc(Br)c1OCc1cccc2ccccc12. The van der Waals surface area contributed by atoms with Crippen molar-refractivity contribution in [3.05, 3.63) is 92.6 Å². The number of hydrogen-bond acceptors (Lipinski definition) is 5. The fourth-order valence-electron chi connectivity index (χ4n) is 3.15. The van der Waals surface area contributed by atoms with Gasteiger partial charge in [0.1, 0.15) is 6.61 Å². The molecule has 0 atom stereocenters. The number of fused-ring (bicyclic) bond motifs is 1. The lowest BCUT2D eigenvalue weighted by molar-refractivity contribution is 0.0959. The van der Waals surface area contributed by atoms with Crippen molar-refractivity contribution < 1.29 is 14.3 Å². The Labute approximate surface area is 192 Å². The molecular weight excluding hydrogens is 476 g/mol. The van der Waals surface area contributed by atoms with E-state index >= 15 is 0 Å². The van der Waals surface area contributed by atoms with Crippen molar-refractivity contribution in [3.8, 4) is 11.5 Å². The maximum Gasteiger partial charge on any atom is 0.281 e. The van der Waals surface area contributed by atoms with E-state index in [-0.39, 0.29) is 5.91 Å². The summed E-state index contributed by atoms with van der Waals surface area (Å²) in [6, 6.07) is 21.6. The standard InChI is InChI=1S/C24H19BrN2O3S/c1-29-21-13-16(14-26-27-24(28)22-10-5-11-31-22)12-20(25)23(21)30-15-18-8-4-7-17-6-2-3-9-19(17)18/h2-14H,15H2,1H3,(H,27,28)/b26-14-. The molecule has 0 saturated heterocycles. The Morgan fingerprint density at radius 3 is 2.77 bits per heavy atom. The molecule has 1 aromatic heterocycles. The number of hydrazone groups is 1. The van der Waals surface area contributed by atoms with Crippen LogP contribution in [-0.4, -0.2) is 19.2 Å². The van der Waals surface area contributed by atoms with Gasteiger partial charge in [-0.2, -0.15) is 5.10 Å². The van der Waals surface area contributed by atoms with E-state index < -0.39 is 0 Å². The number of methoxy groups -OCH3 is 1. The minimum absolute atomic E-state index is 0.243. The van der Waals surface area contributed by atoms with Gasteiger partial charge in [-0.1, -0.05) is 48.5 Å². The van der Waals surface area contributed by atoms with Crippen LogP contribution in [0, 0.1) is 0 Å². The monoisotopic (exact) mass is 494 g/mol. The van der Waals surface area contributed by atoms with Crippen molar-refractivity contribution in [2.24, 2.45) is 5.10 Å². The van der Waals surface area contributed by atoms with Crippen LogP contribution in [0.2, 0.25) is 0 Å². The first-order chi connectivity index (χ1) is 15.2. The second kappa shape index (κ2) is 9.76. The largest absolute Gasteiger partial charge is 0.493 e. The summed E-state index contributed by atoms with van der Waals surface area (Å²) in [7, 11) is 1.59. The number of halogens is 1. The maximum absolute atomic E-state index is 12.0. The predicted octanol–water partition coefficient (Wildman–Crippen LogP) is 6.02. The number of nitrogens with one attached hydrogen (secondary N) is 1. The molecule has 156 valence electrons. The summed E-state index contributed by atoms with van der Waals surface area (Å²) in [5.74, 6) is 0.933. The zero-order valence-electron chi connectivity index (χ0n) is 16.7. The molecular formula is C24H19BrN2O3S. The van der Waals surface area contributed by atoms with E-state index in [1.165, 1.54) is 16.7 Å². The van der Waals surface area contributed by atoms with Crippen LogP contribution in [0.15, 0.2) is 81.7 Å². The van der Waals surface area contributed by atoms with Crippen molar-refractivity contribution in [2.45, 2.75) is 6.61 Å². The molecule has 1 amide bonds. The summed E-state index contributed by atoms with van der Waals surface area (Å²) >= 11 is 4.92. The molecule has 0 radical (unpaired) electrons. The number of carbonyl (C=O) groups is 1. The van der Waals surface area contributed by atoms with Crippen molar-refractivity contribution in [2.75, 3.05) is 7.11 Å². The summed E-state index contributed by atoms with van der Waals surface area (Å²) < 4.78 is 12.4. The number of thiophene rings is 1. The van der Waals surface area contributed by atoms with Crippen LogP contribution in [0.1, 0.15) is 20.8 Å². The molecule has 3 aromatic carbocycles. The summed E-state index contributed by atoms with van der Waals surface area (Å²) in [4.78, 5) is 12.6. The van der Waals surface area contributed by atoms with Gasteiger partial charge < -0.3 is 9.47 Å². The number of hydrogen-bond donors (Lipinski definition) is 1. The highest BCUT2D eigenvalue weighted by Gasteiger charge is 2.12. The molecule has 0 aliphatic rings. The first kappa shape index (κ1) is 21.1. The van der Waals surface area contributed by atoms with Gasteiger partial charge in [-0.3, -0.25) is 4.79 Å². The fraction of sp³-hybridized carbons (Fsp3) is 0.0833. The number of amides is 1. The molecule has 4 aromatic rings. The van der Waals surface area contributed by atoms with Gasteiger partial charge in [-0.15, -0.1) is 11.3 Å². The first-order valence-electron chi connectivity index (χ1n) is 9.49. The van der Waals surface area contributed by atoms with E-state index in [1.54, 1.807) is 19.4 Å². The van der Waals surface area contributed by atoms with Crippen LogP contribution >= 0.6 is 27.3 Å². The number of rotatable bonds is 7. The molecule has 4 rings (SSSR count). The van der Waals surface area contributed by atoms with Gasteiger partial charge in [-0.25, -0.2) is 5.43 Å². The molecule has 1 N–H and O–H groups in total. The Kier molecular flexibility index (Phi) is 6.64. The summed E-state index contributed by atoms with van der Waals surface area (Å²) in [5.41, 5.74) is 4.37. The van der Waals surface area contributed by atoms with E-state index in [0.29, 0.717) is 23.0 Å². The highest BCUT2D eigenvalue weighted by molar-refractivity contribution is 9.10. The molecule has 0 unspecified atom stereocenters. The van der Waals surface area contributed by atoms with Crippen molar-refractivity contribution in [1.82, 2.24) is 5.43 Å². The Bertz CT molecular complexity index is 1230. The Morgan fingerprint density at radius 2 is 1.97 bits per heavy atom. The van der Waals surface area contributed by atoms with Gasteiger partial charge in [-0.05, 0) is 61.4 Å². The van der Waals surface area contributed by atoms with Gasteiger partial charge in [0.15, 0.2) is 11.5 Å². The first-order valence-corrected chi connectivity index (χ1v) is 11.2. The van der Waals surface area contributed by atoms with Gasteiger partial charge in [0.05, 0.1) is 22.7 Å². The summed E-state index contributed by atoms with van der Waals surface area (Å²) in [6.07, 6.45) is 1.56. The summed E-state index contributed by atoms with van der Waals surface area (Å²) in [5, 5.41) is 8.21. The smallest absolute Gasteiger partial charge is 0.281 e. The van der Waals surface area contributed by atoms with E-state index in [4.69, 9.17) is 9.47 Å². The van der Waals surface area contributed by atoms with Crippen LogP contribution in [-0.2, 0) is 6.61 Å². The molecule has 1 heterocycles. The predicted molar refractivity (Wildman–Crippen MR) is 128 cm³/mol. The molecule has 31 heavy (non-hydrogen) atoms. The van der Waals surface area contributed by atoms with Crippen LogP contribution in [0.5, 0.6) is 11.5 Å². The highest BCUT2D eigenvalue weighted by Crippen LogP contribution is 2.37. The normalized spacial score (nSPS) is 11.0. The van der Waals surface area contributed by atoms with Gasteiger partial charge in [0.25, 0.3) is 5.91 Å². The highest BCUT2D eigenvalue weighted by atomic mass is 79.9. The second-order valence-electron chi connectivity index (χ2n) is 6.64. The number of carbonyl (C=O) groups excluding carboxylic acids is 1. The van der Waals surface area contributed by atoms with Gasteiger partial charge in [0, 0.05) is 0 Å². The molecule has 5 nitrogen and oxygen atoms in total. The molecule has 0 fully saturated rings. The van der Waals surface area contributed by atoms with Crippen LogP contribution in [0.3, 0.4) is 0 Å². The van der Waals surface area contributed by atoms with E-state index in [9.17, 15) is 4.79 Å². The molecule has 0 bridgehead atoms. The van der Waals surface area contributed by atoms with Crippen molar-refractivity contribution >= 4 is 50.2 Å². The third kappa shape index (κ3) is 4.95. The maximum atomic E-state index is 12.0. The van der Waals surface area contributed by atoms with E-state index in [2.05, 4.69) is 50.7 Å².